The minimum absolute atomic E-state index is 0.212. The van der Waals surface area contributed by atoms with Crippen molar-refractivity contribution in [3.05, 3.63) is 66.7 Å². The van der Waals surface area contributed by atoms with Gasteiger partial charge < -0.3 is 0 Å². The largest absolute Gasteiger partial charge is 0.330 e. The molecule has 1 unspecified atom stereocenters. The lowest BCUT2D eigenvalue weighted by atomic mass is 10.1. The Balaban J connectivity index is 1.80. The maximum Gasteiger partial charge on any atom is 0.330 e. The third kappa shape index (κ3) is 2.46. The van der Waals surface area contributed by atoms with Crippen molar-refractivity contribution >= 4 is 28.2 Å². The number of urea groups is 1. The molecule has 1 aromatic heterocycles. The zero-order valence-corrected chi connectivity index (χ0v) is 13.1. The van der Waals surface area contributed by atoms with Gasteiger partial charge in [0.25, 0.3) is 0 Å². The Hall–Kier alpha value is -3.46. The van der Waals surface area contributed by atoms with Crippen LogP contribution in [0, 0.1) is 17.1 Å². The van der Waals surface area contributed by atoms with Crippen LogP contribution in [0.3, 0.4) is 0 Å². The zero-order valence-electron chi connectivity index (χ0n) is 13.1. The molecular formula is C19H13FN4O. The highest BCUT2D eigenvalue weighted by Gasteiger charge is 2.40. The molecule has 2 aromatic carbocycles. The fourth-order valence-corrected chi connectivity index (χ4v) is 3.09. The molecule has 0 radical (unpaired) electrons. The Morgan fingerprint density at radius 1 is 1.12 bits per heavy atom. The first kappa shape index (κ1) is 15.1. The lowest BCUT2D eigenvalue weighted by Gasteiger charge is -2.21. The maximum atomic E-state index is 13.2. The Morgan fingerprint density at radius 3 is 2.64 bits per heavy atom. The average Bonchev–Trinajstić information content (AvgIpc) is 2.98. The van der Waals surface area contributed by atoms with E-state index in [-0.39, 0.29) is 18.4 Å². The minimum Gasteiger partial charge on any atom is -0.291 e. The van der Waals surface area contributed by atoms with Crippen LogP contribution in [0.5, 0.6) is 0 Å². The van der Waals surface area contributed by atoms with Gasteiger partial charge in [-0.2, -0.15) is 5.26 Å². The highest BCUT2D eigenvalue weighted by atomic mass is 19.1. The molecule has 0 aliphatic carbocycles. The summed E-state index contributed by atoms with van der Waals surface area (Å²) in [6.07, 6.45) is 3.32. The predicted molar refractivity (Wildman–Crippen MR) is 92.8 cm³/mol. The normalized spacial score (nSPS) is 17.1. The molecule has 1 saturated heterocycles. The molecule has 5 nitrogen and oxygen atoms in total. The summed E-state index contributed by atoms with van der Waals surface area (Å²) in [5.74, 6) is -0.373. The molecule has 4 rings (SSSR count). The third-order valence-corrected chi connectivity index (χ3v) is 4.30. The van der Waals surface area contributed by atoms with E-state index in [1.54, 1.807) is 12.4 Å². The van der Waals surface area contributed by atoms with Gasteiger partial charge in [0.1, 0.15) is 11.9 Å². The van der Waals surface area contributed by atoms with Gasteiger partial charge in [0.05, 0.1) is 24.5 Å². The highest BCUT2D eigenvalue weighted by molar-refractivity contribution is 6.11. The molecule has 1 aliphatic rings. The molecule has 0 N–H and O–H groups in total. The second-order valence-corrected chi connectivity index (χ2v) is 5.76. The van der Waals surface area contributed by atoms with Crippen LogP contribution in [-0.2, 0) is 0 Å². The monoisotopic (exact) mass is 332 g/mol. The van der Waals surface area contributed by atoms with Crippen molar-refractivity contribution in [2.75, 3.05) is 16.3 Å². The quantitative estimate of drug-likeness (QED) is 0.719. The summed E-state index contributed by atoms with van der Waals surface area (Å²) in [7, 11) is 0. The van der Waals surface area contributed by atoms with Crippen LogP contribution in [0.25, 0.3) is 10.8 Å². The smallest absolute Gasteiger partial charge is 0.291 e. The van der Waals surface area contributed by atoms with Gasteiger partial charge in [-0.25, -0.2) is 9.18 Å². The third-order valence-electron chi connectivity index (χ3n) is 4.30. The van der Waals surface area contributed by atoms with E-state index in [0.717, 1.165) is 10.8 Å². The number of carbonyl (C=O) groups is 1. The number of hydrogen-bond donors (Lipinski definition) is 0. The first-order valence-electron chi connectivity index (χ1n) is 7.77. The summed E-state index contributed by atoms with van der Waals surface area (Å²) in [5.41, 5.74) is 1.15. The number of hydrogen-bond acceptors (Lipinski definition) is 3. The number of anilines is 2. The molecule has 0 spiro atoms. The molecule has 25 heavy (non-hydrogen) atoms. The van der Waals surface area contributed by atoms with Crippen LogP contribution in [0.1, 0.15) is 0 Å². The highest BCUT2D eigenvalue weighted by Crippen LogP contribution is 2.33. The van der Waals surface area contributed by atoms with E-state index in [2.05, 4.69) is 11.1 Å². The standard InChI is InChI=1S/C19H13FN4O/c20-14-5-7-15(8-6-14)23-12-16(9-21)24(19(23)25)18-11-22-10-13-3-1-2-4-17(13)18/h1-8,10-11,16H,12H2. The summed E-state index contributed by atoms with van der Waals surface area (Å²) in [6.45, 7) is 0.212. The van der Waals surface area contributed by atoms with Crippen LogP contribution < -0.4 is 9.80 Å². The molecule has 2 heterocycles. The van der Waals surface area contributed by atoms with Gasteiger partial charge in [0.2, 0.25) is 0 Å². The lowest BCUT2D eigenvalue weighted by molar-refractivity contribution is 0.255. The van der Waals surface area contributed by atoms with Gasteiger partial charge in [0, 0.05) is 22.7 Å². The molecule has 1 atom stereocenters. The maximum absolute atomic E-state index is 13.2. The Morgan fingerprint density at radius 2 is 1.88 bits per heavy atom. The fourth-order valence-electron chi connectivity index (χ4n) is 3.09. The van der Waals surface area contributed by atoms with E-state index in [9.17, 15) is 14.4 Å². The number of halogens is 1. The SMILES string of the molecule is N#CC1CN(c2ccc(F)cc2)C(=O)N1c1cncc2ccccc12. The second-order valence-electron chi connectivity index (χ2n) is 5.76. The molecule has 122 valence electrons. The molecule has 1 fully saturated rings. The van der Waals surface area contributed by atoms with Gasteiger partial charge in [0.15, 0.2) is 0 Å². The topological polar surface area (TPSA) is 60.2 Å². The number of rotatable bonds is 2. The van der Waals surface area contributed by atoms with Crippen molar-refractivity contribution in [1.29, 1.82) is 5.26 Å². The van der Waals surface area contributed by atoms with Crippen molar-refractivity contribution in [2.45, 2.75) is 6.04 Å². The van der Waals surface area contributed by atoms with Crippen molar-refractivity contribution in [3.63, 3.8) is 0 Å². The van der Waals surface area contributed by atoms with Crippen molar-refractivity contribution < 1.29 is 9.18 Å². The average molecular weight is 332 g/mol. The zero-order chi connectivity index (χ0) is 17.4. The molecule has 1 aliphatic heterocycles. The number of benzene rings is 2. The number of carbonyl (C=O) groups excluding carboxylic acids is 1. The van der Waals surface area contributed by atoms with Crippen LogP contribution in [0.4, 0.5) is 20.6 Å². The number of nitrogens with zero attached hydrogens (tertiary/aromatic N) is 4. The van der Waals surface area contributed by atoms with Crippen molar-refractivity contribution in [2.24, 2.45) is 0 Å². The Labute approximate surface area is 143 Å². The molecule has 3 aromatic rings. The molecule has 2 amide bonds. The number of pyridine rings is 1. The first-order valence-corrected chi connectivity index (χ1v) is 7.77. The molecular weight excluding hydrogens is 319 g/mol. The molecule has 0 saturated carbocycles. The molecule has 0 bridgehead atoms. The summed E-state index contributed by atoms with van der Waals surface area (Å²) in [6, 6.07) is 14.5. The van der Waals surface area contributed by atoms with E-state index in [1.807, 2.05) is 24.3 Å². The summed E-state index contributed by atoms with van der Waals surface area (Å²) in [4.78, 5) is 20.1. The number of fused-ring (bicyclic) bond motifs is 1. The molecule has 6 heteroatoms. The van der Waals surface area contributed by atoms with Gasteiger partial charge in [-0.3, -0.25) is 14.8 Å². The predicted octanol–water partition coefficient (Wildman–Crippen LogP) is 3.71. The Kier molecular flexibility index (Phi) is 3.55. The van der Waals surface area contributed by atoms with Crippen LogP contribution in [0.2, 0.25) is 0 Å². The minimum atomic E-state index is -0.648. The number of aromatic nitrogens is 1. The van der Waals surface area contributed by atoms with Crippen LogP contribution in [-0.4, -0.2) is 23.6 Å². The van der Waals surface area contributed by atoms with Crippen molar-refractivity contribution in [1.82, 2.24) is 4.98 Å². The second kappa shape index (κ2) is 5.87. The van der Waals surface area contributed by atoms with E-state index < -0.39 is 6.04 Å². The van der Waals surface area contributed by atoms with E-state index in [4.69, 9.17) is 0 Å². The number of nitriles is 1. The van der Waals surface area contributed by atoms with Gasteiger partial charge >= 0.3 is 6.03 Å². The Bertz CT molecular complexity index is 991. The van der Waals surface area contributed by atoms with Gasteiger partial charge in [-0.1, -0.05) is 24.3 Å². The van der Waals surface area contributed by atoms with Gasteiger partial charge in [-0.15, -0.1) is 0 Å². The summed E-state index contributed by atoms with van der Waals surface area (Å²) < 4.78 is 13.2. The number of amides is 2. The van der Waals surface area contributed by atoms with E-state index in [0.29, 0.717) is 11.4 Å². The van der Waals surface area contributed by atoms with E-state index >= 15 is 0 Å². The summed E-state index contributed by atoms with van der Waals surface area (Å²) in [5, 5.41) is 11.3. The van der Waals surface area contributed by atoms with E-state index in [1.165, 1.54) is 34.1 Å². The van der Waals surface area contributed by atoms with Crippen molar-refractivity contribution in [3.8, 4) is 6.07 Å². The first-order chi connectivity index (χ1) is 12.2. The lowest BCUT2D eigenvalue weighted by Crippen LogP contribution is -2.34. The fraction of sp³-hybridized carbons (Fsp3) is 0.105. The van der Waals surface area contributed by atoms with Gasteiger partial charge in [-0.05, 0) is 24.3 Å². The van der Waals surface area contributed by atoms with Crippen LogP contribution >= 0.6 is 0 Å². The summed E-state index contributed by atoms with van der Waals surface area (Å²) >= 11 is 0. The van der Waals surface area contributed by atoms with Crippen LogP contribution in [0.15, 0.2) is 60.9 Å².